The summed E-state index contributed by atoms with van der Waals surface area (Å²) in [5, 5.41) is 2.94. The van der Waals surface area contributed by atoms with Gasteiger partial charge in [0, 0.05) is 37.0 Å². The molecule has 11 heteroatoms. The van der Waals surface area contributed by atoms with E-state index in [0.29, 0.717) is 56.8 Å². The van der Waals surface area contributed by atoms with E-state index >= 15 is 0 Å². The summed E-state index contributed by atoms with van der Waals surface area (Å²) in [7, 11) is 0. The fraction of sp³-hybridized carbons (Fsp3) is 0.909. The number of hydrogen-bond acceptors (Lipinski definition) is 7. The number of ether oxygens (including phenoxy) is 3. The molecule has 0 aromatic carbocycles. The number of amides is 3. The van der Waals surface area contributed by atoms with Gasteiger partial charge in [0.1, 0.15) is 5.60 Å². The Morgan fingerprint density at radius 2 is 1.16 bits per heavy atom. The van der Waals surface area contributed by atoms with Gasteiger partial charge in [0.25, 0.3) is 0 Å². The van der Waals surface area contributed by atoms with Gasteiger partial charge in [-0.3, -0.25) is 9.59 Å². The molecular weight excluding hydrogens is 584 g/mol. The van der Waals surface area contributed by atoms with E-state index in [1.165, 1.54) is 0 Å². The van der Waals surface area contributed by atoms with Crippen LogP contribution in [-0.2, 0) is 23.8 Å². The number of carbonyl (C=O) groups excluding carboxylic acids is 3. The number of rotatable bonds is 5. The number of hydrogen-bond donors (Lipinski definition) is 2. The molecule has 2 atom stereocenters. The molecule has 4 aliphatic rings. The first-order valence-electron chi connectivity index (χ1n) is 16.8. The van der Waals surface area contributed by atoms with Crippen molar-refractivity contribution in [3.8, 4) is 0 Å². The maximum absolute atomic E-state index is 12.9. The minimum atomic E-state index is -0.487. The fourth-order valence-corrected chi connectivity index (χ4v) is 6.69. The number of nitrogens with one attached hydrogen (secondary N) is 1. The lowest BCUT2D eigenvalue weighted by atomic mass is 9.84. The summed E-state index contributed by atoms with van der Waals surface area (Å²) in [5.74, 6) is 1.72. The molecule has 2 saturated carbocycles. The molecule has 2 heterocycles. The SMILES string of the molecule is CC(C)[C@H]1COCCN1C(=O)C1CCC(N)CC1.CC(C)[C@H]1COCCN1C(=O)C1CCC(NC(=O)OC(C)(C)C)CC1.Cl. The monoisotopic (exact) mass is 644 g/mol. The standard InChI is InChI=1S/C19H34N2O4.C14H26N2O2.ClH/c1-13(2)16-12-24-11-10-21(16)17(22)14-6-8-15(9-7-14)20-18(23)25-19(3,4)5;1-10(2)13-9-18-8-7-16(13)14(17)11-3-5-12(15)6-4-11;/h13-16H,6-12H2,1-5H3,(H,20,23);10-13H,3-9,15H2,1-2H3;1H/t14?,15?,16-;11?,12?,13-;/m11./s1. The number of nitrogens with zero attached hydrogens (tertiary/aromatic N) is 2. The van der Waals surface area contributed by atoms with E-state index in [-0.39, 0.29) is 54.4 Å². The van der Waals surface area contributed by atoms with E-state index in [1.54, 1.807) is 0 Å². The average molecular weight is 645 g/mol. The molecule has 256 valence electrons. The second-order valence-electron chi connectivity index (χ2n) is 14.6. The van der Waals surface area contributed by atoms with Crippen molar-refractivity contribution in [1.29, 1.82) is 0 Å². The Hall–Kier alpha value is -1.62. The van der Waals surface area contributed by atoms with Crippen molar-refractivity contribution in [2.45, 2.75) is 130 Å². The minimum Gasteiger partial charge on any atom is -0.444 e. The lowest BCUT2D eigenvalue weighted by Gasteiger charge is -2.41. The Kier molecular flexibility index (Phi) is 15.7. The third-order valence-electron chi connectivity index (χ3n) is 9.35. The zero-order chi connectivity index (χ0) is 31.7. The molecule has 4 fully saturated rings. The number of halogens is 1. The topological polar surface area (TPSA) is 123 Å². The van der Waals surface area contributed by atoms with Crippen LogP contribution in [0.1, 0.15) is 99.8 Å². The lowest BCUT2D eigenvalue weighted by Crippen LogP contribution is -2.53. The van der Waals surface area contributed by atoms with Gasteiger partial charge in [-0.05, 0) is 84.0 Å². The van der Waals surface area contributed by atoms with E-state index in [9.17, 15) is 14.4 Å². The first-order chi connectivity index (χ1) is 20.3. The molecular formula is C33H61ClN4O6. The highest BCUT2D eigenvalue weighted by Crippen LogP contribution is 2.29. The van der Waals surface area contributed by atoms with Crippen LogP contribution in [-0.4, -0.2) is 97.0 Å². The highest BCUT2D eigenvalue weighted by Gasteiger charge is 2.37. The maximum Gasteiger partial charge on any atom is 0.407 e. The summed E-state index contributed by atoms with van der Waals surface area (Å²) in [5.41, 5.74) is 5.42. The Labute approximate surface area is 272 Å². The van der Waals surface area contributed by atoms with Crippen LogP contribution in [0.3, 0.4) is 0 Å². The molecule has 0 spiro atoms. The fourth-order valence-electron chi connectivity index (χ4n) is 6.69. The van der Waals surface area contributed by atoms with Crippen LogP contribution >= 0.6 is 12.4 Å². The van der Waals surface area contributed by atoms with E-state index in [4.69, 9.17) is 19.9 Å². The predicted molar refractivity (Wildman–Crippen MR) is 175 cm³/mol. The highest BCUT2D eigenvalue weighted by atomic mass is 35.5. The van der Waals surface area contributed by atoms with Crippen LogP contribution in [0, 0.1) is 23.7 Å². The Balaban J connectivity index is 0.000000315. The van der Waals surface area contributed by atoms with E-state index in [1.807, 2.05) is 25.7 Å². The van der Waals surface area contributed by atoms with Crippen LogP contribution in [0.4, 0.5) is 4.79 Å². The maximum atomic E-state index is 12.9. The zero-order valence-corrected chi connectivity index (χ0v) is 29.2. The third kappa shape index (κ3) is 11.6. The van der Waals surface area contributed by atoms with Crippen molar-refractivity contribution >= 4 is 30.3 Å². The second kappa shape index (κ2) is 17.9. The molecule has 4 rings (SSSR count). The quantitative estimate of drug-likeness (QED) is 0.442. The average Bonchev–Trinajstić information content (AvgIpc) is 2.96. The molecule has 0 bridgehead atoms. The molecule has 0 unspecified atom stereocenters. The normalized spacial score (nSPS) is 29.7. The molecule has 44 heavy (non-hydrogen) atoms. The van der Waals surface area contributed by atoms with Gasteiger partial charge in [-0.1, -0.05) is 27.7 Å². The van der Waals surface area contributed by atoms with Gasteiger partial charge in [-0.25, -0.2) is 4.79 Å². The second-order valence-corrected chi connectivity index (χ2v) is 14.6. The summed E-state index contributed by atoms with van der Waals surface area (Å²) >= 11 is 0. The smallest absolute Gasteiger partial charge is 0.407 e. The van der Waals surface area contributed by atoms with Crippen LogP contribution < -0.4 is 11.1 Å². The van der Waals surface area contributed by atoms with Crippen molar-refractivity contribution < 1.29 is 28.6 Å². The lowest BCUT2D eigenvalue weighted by molar-refractivity contribution is -0.148. The first-order valence-corrected chi connectivity index (χ1v) is 16.8. The molecule has 3 N–H and O–H groups in total. The molecule has 0 aromatic rings. The summed E-state index contributed by atoms with van der Waals surface area (Å²) in [6.45, 7) is 18.3. The van der Waals surface area contributed by atoms with Gasteiger partial charge in [-0.15, -0.1) is 12.4 Å². The van der Waals surface area contributed by atoms with Gasteiger partial charge in [0.15, 0.2) is 0 Å². The molecule has 2 aliphatic heterocycles. The summed E-state index contributed by atoms with van der Waals surface area (Å²) < 4.78 is 16.4. The van der Waals surface area contributed by atoms with Gasteiger partial charge in [-0.2, -0.15) is 0 Å². The third-order valence-corrected chi connectivity index (χ3v) is 9.35. The summed E-state index contributed by atoms with van der Waals surface area (Å²) in [4.78, 5) is 41.5. The molecule has 0 radical (unpaired) electrons. The van der Waals surface area contributed by atoms with Crippen molar-refractivity contribution in [2.24, 2.45) is 29.4 Å². The summed E-state index contributed by atoms with van der Waals surface area (Å²) in [6.07, 6.45) is 6.84. The number of nitrogens with two attached hydrogens (primary N) is 1. The number of morpholine rings is 2. The Morgan fingerprint density at radius 3 is 1.55 bits per heavy atom. The largest absolute Gasteiger partial charge is 0.444 e. The first kappa shape index (κ1) is 38.6. The van der Waals surface area contributed by atoms with E-state index < -0.39 is 5.60 Å². The van der Waals surface area contributed by atoms with Gasteiger partial charge in [0.2, 0.25) is 11.8 Å². The van der Waals surface area contributed by atoms with Gasteiger partial charge in [0.05, 0.1) is 38.5 Å². The molecule has 3 amide bonds. The number of carbonyl (C=O) groups is 3. The summed E-state index contributed by atoms with van der Waals surface area (Å²) in [6, 6.07) is 0.838. The molecule has 2 saturated heterocycles. The molecule has 10 nitrogen and oxygen atoms in total. The van der Waals surface area contributed by atoms with Crippen molar-refractivity contribution in [1.82, 2.24) is 15.1 Å². The van der Waals surface area contributed by atoms with Crippen LogP contribution in [0.15, 0.2) is 0 Å². The highest BCUT2D eigenvalue weighted by molar-refractivity contribution is 5.85. The molecule has 0 aromatic heterocycles. The Morgan fingerprint density at radius 1 is 0.750 bits per heavy atom. The number of alkyl carbamates (subject to hydrolysis) is 1. The van der Waals surface area contributed by atoms with Crippen LogP contribution in [0.2, 0.25) is 0 Å². The van der Waals surface area contributed by atoms with Gasteiger partial charge < -0.3 is 35.1 Å². The van der Waals surface area contributed by atoms with Crippen molar-refractivity contribution in [3.63, 3.8) is 0 Å². The van der Waals surface area contributed by atoms with Crippen molar-refractivity contribution in [2.75, 3.05) is 39.5 Å². The van der Waals surface area contributed by atoms with Crippen LogP contribution in [0.5, 0.6) is 0 Å². The molecule has 2 aliphatic carbocycles. The van der Waals surface area contributed by atoms with Gasteiger partial charge >= 0.3 is 6.09 Å². The van der Waals surface area contributed by atoms with Crippen LogP contribution in [0.25, 0.3) is 0 Å². The van der Waals surface area contributed by atoms with Crippen molar-refractivity contribution in [3.05, 3.63) is 0 Å². The van der Waals surface area contributed by atoms with E-state index in [0.717, 1.165) is 57.9 Å². The Bertz CT molecular complexity index is 897. The minimum absolute atomic E-state index is 0. The van der Waals surface area contributed by atoms with E-state index in [2.05, 4.69) is 37.9 Å². The zero-order valence-electron chi connectivity index (χ0n) is 28.3. The predicted octanol–water partition coefficient (Wildman–Crippen LogP) is 4.76.